The third-order valence-electron chi connectivity index (χ3n) is 3.63. The fourth-order valence-corrected chi connectivity index (χ4v) is 3.57. The minimum Gasteiger partial charge on any atom is -0.360 e. The molecule has 1 saturated carbocycles. The molecule has 0 amide bonds. The molecule has 0 atom stereocenters. The van der Waals surface area contributed by atoms with Crippen molar-refractivity contribution in [3.8, 4) is 0 Å². The first kappa shape index (κ1) is 13.8. The summed E-state index contributed by atoms with van der Waals surface area (Å²) in [6.07, 6.45) is 6.61. The lowest BCUT2D eigenvalue weighted by Crippen LogP contribution is -2.43. The Balaban J connectivity index is 1.83. The van der Waals surface area contributed by atoms with E-state index < -0.39 is 0 Å². The van der Waals surface area contributed by atoms with Gasteiger partial charge in [0, 0.05) is 18.0 Å². The third kappa shape index (κ3) is 3.69. The summed E-state index contributed by atoms with van der Waals surface area (Å²) >= 11 is 7.31. The van der Waals surface area contributed by atoms with Crippen LogP contribution >= 0.6 is 23.6 Å². The van der Waals surface area contributed by atoms with Gasteiger partial charge in [0.15, 0.2) is 5.11 Å². The summed E-state index contributed by atoms with van der Waals surface area (Å²) < 4.78 is 0. The number of nitrogens with one attached hydrogen (secondary N) is 1. The van der Waals surface area contributed by atoms with E-state index in [9.17, 15) is 0 Å². The van der Waals surface area contributed by atoms with Crippen LogP contribution in [0.25, 0.3) is 0 Å². The zero-order chi connectivity index (χ0) is 13.0. The van der Waals surface area contributed by atoms with E-state index in [-0.39, 0.29) is 0 Å². The largest absolute Gasteiger partial charge is 0.360 e. The lowest BCUT2D eigenvalue weighted by atomic mass is 9.96. The lowest BCUT2D eigenvalue weighted by Gasteiger charge is -2.28. The predicted molar refractivity (Wildman–Crippen MR) is 83.1 cm³/mol. The molecule has 100 valence electrons. The molecule has 1 aromatic heterocycles. The van der Waals surface area contributed by atoms with Gasteiger partial charge < -0.3 is 10.2 Å². The minimum atomic E-state index is 0.595. The van der Waals surface area contributed by atoms with Crippen molar-refractivity contribution in [1.82, 2.24) is 10.2 Å². The Bertz CT molecular complexity index is 394. The molecule has 0 radical (unpaired) electrons. The van der Waals surface area contributed by atoms with Crippen LogP contribution in [0.1, 0.15) is 42.5 Å². The van der Waals surface area contributed by atoms with Gasteiger partial charge in [0.25, 0.3) is 0 Å². The van der Waals surface area contributed by atoms with Crippen molar-refractivity contribution in [1.29, 1.82) is 0 Å². The van der Waals surface area contributed by atoms with Gasteiger partial charge in [-0.05, 0) is 49.0 Å². The molecular weight excluding hydrogens is 260 g/mol. The van der Waals surface area contributed by atoms with Gasteiger partial charge in [-0.3, -0.25) is 0 Å². The Labute approximate surface area is 119 Å². The first-order valence-corrected chi connectivity index (χ1v) is 8.00. The topological polar surface area (TPSA) is 15.3 Å². The second-order valence-electron chi connectivity index (χ2n) is 5.17. The molecule has 0 aliphatic heterocycles. The summed E-state index contributed by atoms with van der Waals surface area (Å²) in [6, 6.07) is 2.77. The van der Waals surface area contributed by atoms with E-state index in [0.717, 1.165) is 11.7 Å². The SMILES string of the molecule is Cc1ccsc1CN(C)C(=S)NC1CCCCC1. The van der Waals surface area contributed by atoms with Crippen molar-refractivity contribution in [3.63, 3.8) is 0 Å². The van der Waals surface area contributed by atoms with Crippen molar-refractivity contribution >= 4 is 28.7 Å². The first-order valence-electron chi connectivity index (χ1n) is 6.71. The summed E-state index contributed by atoms with van der Waals surface area (Å²) in [7, 11) is 2.08. The Morgan fingerprint density at radius 3 is 2.78 bits per heavy atom. The number of thiophene rings is 1. The van der Waals surface area contributed by atoms with Crippen LogP contribution in [0.4, 0.5) is 0 Å². The van der Waals surface area contributed by atoms with E-state index in [0.29, 0.717) is 6.04 Å². The molecule has 1 fully saturated rings. The Hall–Kier alpha value is -0.610. The van der Waals surface area contributed by atoms with E-state index >= 15 is 0 Å². The highest BCUT2D eigenvalue weighted by atomic mass is 32.1. The van der Waals surface area contributed by atoms with Gasteiger partial charge in [-0.1, -0.05) is 19.3 Å². The normalized spacial score (nSPS) is 16.6. The number of hydrogen-bond acceptors (Lipinski definition) is 2. The van der Waals surface area contributed by atoms with Crippen LogP contribution in [-0.2, 0) is 6.54 Å². The fourth-order valence-electron chi connectivity index (χ4n) is 2.39. The first-order chi connectivity index (χ1) is 8.66. The van der Waals surface area contributed by atoms with Gasteiger partial charge in [-0.25, -0.2) is 0 Å². The quantitative estimate of drug-likeness (QED) is 0.851. The molecule has 2 rings (SSSR count). The number of rotatable bonds is 3. The summed E-state index contributed by atoms with van der Waals surface area (Å²) in [5.41, 5.74) is 1.37. The number of hydrogen-bond donors (Lipinski definition) is 1. The van der Waals surface area contributed by atoms with E-state index in [1.54, 1.807) is 0 Å². The molecule has 1 aliphatic rings. The highest BCUT2D eigenvalue weighted by Crippen LogP contribution is 2.19. The maximum atomic E-state index is 5.49. The summed E-state index contributed by atoms with van der Waals surface area (Å²) in [6.45, 7) is 3.08. The molecule has 1 aliphatic carbocycles. The van der Waals surface area contributed by atoms with Gasteiger partial charge in [0.05, 0.1) is 6.54 Å². The van der Waals surface area contributed by atoms with Gasteiger partial charge in [-0.2, -0.15) is 0 Å². The molecule has 0 spiro atoms. The van der Waals surface area contributed by atoms with Crippen molar-refractivity contribution in [2.75, 3.05) is 7.05 Å². The molecule has 1 heterocycles. The van der Waals surface area contributed by atoms with Crippen molar-refractivity contribution in [2.24, 2.45) is 0 Å². The average Bonchev–Trinajstić information content (AvgIpc) is 2.76. The Morgan fingerprint density at radius 2 is 2.17 bits per heavy atom. The standard InChI is InChI=1S/C14H22N2S2/c1-11-8-9-18-13(11)10-16(2)14(17)15-12-6-4-3-5-7-12/h8-9,12H,3-7,10H2,1-2H3,(H,15,17). The van der Waals surface area contributed by atoms with Crippen molar-refractivity contribution < 1.29 is 0 Å². The van der Waals surface area contributed by atoms with Gasteiger partial charge in [0.2, 0.25) is 0 Å². The zero-order valence-corrected chi connectivity index (χ0v) is 12.9. The van der Waals surface area contributed by atoms with Crippen LogP contribution in [-0.4, -0.2) is 23.1 Å². The lowest BCUT2D eigenvalue weighted by molar-refractivity contribution is 0.393. The highest BCUT2D eigenvalue weighted by molar-refractivity contribution is 7.80. The van der Waals surface area contributed by atoms with Crippen LogP contribution < -0.4 is 5.32 Å². The number of aryl methyl sites for hydroxylation is 1. The molecule has 1 N–H and O–H groups in total. The molecule has 0 saturated heterocycles. The average molecular weight is 282 g/mol. The second-order valence-corrected chi connectivity index (χ2v) is 6.55. The smallest absolute Gasteiger partial charge is 0.169 e. The van der Waals surface area contributed by atoms with Crippen LogP contribution in [0.3, 0.4) is 0 Å². The van der Waals surface area contributed by atoms with Gasteiger partial charge >= 0.3 is 0 Å². The second kappa shape index (κ2) is 6.53. The zero-order valence-electron chi connectivity index (χ0n) is 11.2. The highest BCUT2D eigenvalue weighted by Gasteiger charge is 2.16. The monoisotopic (exact) mass is 282 g/mol. The van der Waals surface area contributed by atoms with Crippen molar-refractivity contribution in [2.45, 2.75) is 51.6 Å². The maximum Gasteiger partial charge on any atom is 0.169 e. The fraction of sp³-hybridized carbons (Fsp3) is 0.643. The molecule has 4 heteroatoms. The number of nitrogens with zero attached hydrogens (tertiary/aromatic N) is 1. The number of thiocarbonyl (C=S) groups is 1. The van der Waals surface area contributed by atoms with E-state index in [2.05, 4.69) is 35.6 Å². The predicted octanol–water partition coefficient (Wildman–Crippen LogP) is 3.70. The molecule has 0 aromatic carbocycles. The minimum absolute atomic E-state index is 0.595. The Kier molecular flexibility index (Phi) is 5.01. The van der Waals surface area contributed by atoms with E-state index in [1.165, 1.54) is 42.5 Å². The molecule has 0 unspecified atom stereocenters. The van der Waals surface area contributed by atoms with E-state index in [4.69, 9.17) is 12.2 Å². The summed E-state index contributed by atoms with van der Waals surface area (Å²) in [5.74, 6) is 0. The van der Waals surface area contributed by atoms with Crippen LogP contribution in [0, 0.1) is 6.92 Å². The molecule has 1 aromatic rings. The summed E-state index contributed by atoms with van der Waals surface area (Å²) in [5, 5.41) is 6.56. The van der Waals surface area contributed by atoms with Crippen LogP contribution in [0.2, 0.25) is 0 Å². The van der Waals surface area contributed by atoms with Crippen molar-refractivity contribution in [3.05, 3.63) is 21.9 Å². The van der Waals surface area contributed by atoms with Crippen LogP contribution in [0.15, 0.2) is 11.4 Å². The molecule has 0 bridgehead atoms. The Morgan fingerprint density at radius 1 is 1.44 bits per heavy atom. The maximum absolute atomic E-state index is 5.49. The van der Waals surface area contributed by atoms with Gasteiger partial charge in [-0.15, -0.1) is 11.3 Å². The third-order valence-corrected chi connectivity index (χ3v) is 5.07. The molecule has 18 heavy (non-hydrogen) atoms. The molecular formula is C14H22N2S2. The van der Waals surface area contributed by atoms with Crippen LogP contribution in [0.5, 0.6) is 0 Å². The molecule has 2 nitrogen and oxygen atoms in total. The van der Waals surface area contributed by atoms with E-state index in [1.807, 2.05) is 11.3 Å². The van der Waals surface area contributed by atoms with Gasteiger partial charge in [0.1, 0.15) is 0 Å². The summed E-state index contributed by atoms with van der Waals surface area (Å²) in [4.78, 5) is 3.56.